The minimum Gasteiger partial charge on any atom is -0.477 e. The van der Waals surface area contributed by atoms with Crippen LogP contribution in [-0.2, 0) is 10.8 Å². The van der Waals surface area contributed by atoms with Crippen molar-refractivity contribution in [2.24, 2.45) is 0 Å². The molecule has 0 saturated heterocycles. The fraction of sp³-hybridized carbons (Fsp3) is 0.556. The van der Waals surface area contributed by atoms with Gasteiger partial charge in [-0.05, 0) is 6.92 Å². The van der Waals surface area contributed by atoms with Crippen LogP contribution in [0.1, 0.15) is 22.3 Å². The molecule has 0 radical (unpaired) electrons. The molecule has 1 unspecified atom stereocenters. The van der Waals surface area contributed by atoms with Gasteiger partial charge in [-0.2, -0.15) is 0 Å². The molecule has 16 heavy (non-hydrogen) atoms. The number of nitrogens with zero attached hydrogens (tertiary/aromatic N) is 1. The quantitative estimate of drug-likeness (QED) is 0.808. The van der Waals surface area contributed by atoms with Crippen LogP contribution in [0.5, 0.6) is 0 Å². The summed E-state index contributed by atoms with van der Waals surface area (Å²) in [7, 11) is -0.810. The zero-order valence-electron chi connectivity index (χ0n) is 9.15. The number of nitrogens with one attached hydrogen (secondary N) is 1. The van der Waals surface area contributed by atoms with Crippen LogP contribution in [0.15, 0.2) is 0 Å². The largest absolute Gasteiger partial charge is 0.477 e. The lowest BCUT2D eigenvalue weighted by Gasteiger charge is -2.00. The summed E-state index contributed by atoms with van der Waals surface area (Å²) in [6.07, 6.45) is 0. The zero-order chi connectivity index (χ0) is 12.1. The molecule has 7 heteroatoms. The highest BCUT2D eigenvalue weighted by Gasteiger charge is 2.13. The van der Waals surface area contributed by atoms with E-state index in [1.54, 1.807) is 6.92 Å². The number of rotatable bonds is 6. The summed E-state index contributed by atoms with van der Waals surface area (Å²) in [6, 6.07) is 0. The number of anilines is 1. The molecule has 5 nitrogen and oxygen atoms in total. The van der Waals surface area contributed by atoms with Gasteiger partial charge in [0.1, 0.15) is 4.88 Å². The van der Waals surface area contributed by atoms with Crippen molar-refractivity contribution in [1.29, 1.82) is 0 Å². The van der Waals surface area contributed by atoms with Gasteiger partial charge in [-0.25, -0.2) is 9.78 Å². The van der Waals surface area contributed by atoms with E-state index in [9.17, 15) is 9.00 Å². The summed E-state index contributed by atoms with van der Waals surface area (Å²) < 4.78 is 11.1. The SMILES string of the molecule is CCS(=O)CCNc1nc(C)c(C(=O)O)s1. The van der Waals surface area contributed by atoms with Gasteiger partial charge in [0.15, 0.2) is 5.13 Å². The third-order valence-electron chi connectivity index (χ3n) is 1.92. The van der Waals surface area contributed by atoms with Gasteiger partial charge in [-0.3, -0.25) is 4.21 Å². The number of thiazole rings is 1. The van der Waals surface area contributed by atoms with Crippen molar-refractivity contribution in [3.63, 3.8) is 0 Å². The number of aryl methyl sites for hydroxylation is 1. The number of carbonyl (C=O) groups is 1. The highest BCUT2D eigenvalue weighted by molar-refractivity contribution is 7.84. The Bertz CT molecular complexity index is 403. The van der Waals surface area contributed by atoms with Crippen LogP contribution >= 0.6 is 11.3 Å². The van der Waals surface area contributed by atoms with E-state index in [0.29, 0.717) is 28.9 Å². The molecular formula is C9H14N2O3S2. The lowest BCUT2D eigenvalue weighted by molar-refractivity contribution is 0.0701. The Labute approximate surface area is 100 Å². The Morgan fingerprint density at radius 3 is 2.81 bits per heavy atom. The van der Waals surface area contributed by atoms with Crippen LogP contribution in [0.25, 0.3) is 0 Å². The Morgan fingerprint density at radius 2 is 2.31 bits per heavy atom. The van der Waals surface area contributed by atoms with E-state index in [1.807, 2.05) is 6.92 Å². The molecule has 90 valence electrons. The molecule has 0 fully saturated rings. The van der Waals surface area contributed by atoms with Crippen molar-refractivity contribution in [2.75, 3.05) is 23.4 Å². The molecule has 0 amide bonds. The Kier molecular flexibility index (Phi) is 4.88. The van der Waals surface area contributed by atoms with Gasteiger partial charge in [-0.1, -0.05) is 18.3 Å². The van der Waals surface area contributed by atoms with Crippen molar-refractivity contribution >= 4 is 33.2 Å². The Balaban J connectivity index is 2.52. The number of hydrogen-bond acceptors (Lipinski definition) is 5. The predicted molar refractivity (Wildman–Crippen MR) is 65.9 cm³/mol. The van der Waals surface area contributed by atoms with E-state index < -0.39 is 16.8 Å². The van der Waals surface area contributed by atoms with Gasteiger partial charge in [-0.15, -0.1) is 0 Å². The number of aromatic carboxylic acids is 1. The molecule has 1 heterocycles. The Hall–Kier alpha value is -0.950. The van der Waals surface area contributed by atoms with Crippen LogP contribution in [0.4, 0.5) is 5.13 Å². The molecule has 1 atom stereocenters. The molecule has 0 bridgehead atoms. The lowest BCUT2D eigenvalue weighted by atomic mass is 10.4. The smallest absolute Gasteiger partial charge is 0.347 e. The highest BCUT2D eigenvalue weighted by Crippen LogP contribution is 2.21. The summed E-state index contributed by atoms with van der Waals surface area (Å²) >= 11 is 1.11. The second-order valence-electron chi connectivity index (χ2n) is 3.10. The third-order valence-corrected chi connectivity index (χ3v) is 4.33. The number of aromatic nitrogens is 1. The zero-order valence-corrected chi connectivity index (χ0v) is 10.8. The van der Waals surface area contributed by atoms with Crippen molar-refractivity contribution in [3.8, 4) is 0 Å². The van der Waals surface area contributed by atoms with Crippen molar-refractivity contribution in [2.45, 2.75) is 13.8 Å². The first-order chi connectivity index (χ1) is 7.54. The van der Waals surface area contributed by atoms with Crippen molar-refractivity contribution in [3.05, 3.63) is 10.6 Å². The second-order valence-corrected chi connectivity index (χ2v) is 5.96. The molecule has 0 spiro atoms. The maximum Gasteiger partial charge on any atom is 0.347 e. The van der Waals surface area contributed by atoms with Gasteiger partial charge >= 0.3 is 5.97 Å². The topological polar surface area (TPSA) is 79.3 Å². The van der Waals surface area contributed by atoms with Gasteiger partial charge < -0.3 is 10.4 Å². The van der Waals surface area contributed by atoms with Crippen LogP contribution in [-0.4, -0.2) is 38.3 Å². The molecular weight excluding hydrogens is 248 g/mol. The first-order valence-corrected chi connectivity index (χ1v) is 7.14. The average Bonchev–Trinajstić information content (AvgIpc) is 2.59. The summed E-state index contributed by atoms with van der Waals surface area (Å²) in [5.41, 5.74) is 0.511. The minimum absolute atomic E-state index is 0.249. The van der Waals surface area contributed by atoms with Gasteiger partial charge in [0.2, 0.25) is 0 Å². The van der Waals surface area contributed by atoms with E-state index in [4.69, 9.17) is 5.11 Å². The molecule has 0 aliphatic heterocycles. The predicted octanol–water partition coefficient (Wildman–Crippen LogP) is 1.33. The van der Waals surface area contributed by atoms with Crippen LogP contribution in [0, 0.1) is 6.92 Å². The molecule has 1 aromatic heterocycles. The van der Waals surface area contributed by atoms with E-state index in [0.717, 1.165) is 11.3 Å². The lowest BCUT2D eigenvalue weighted by Crippen LogP contribution is -2.11. The highest BCUT2D eigenvalue weighted by atomic mass is 32.2. The monoisotopic (exact) mass is 262 g/mol. The average molecular weight is 262 g/mol. The van der Waals surface area contributed by atoms with E-state index in [2.05, 4.69) is 10.3 Å². The standard InChI is InChI=1S/C9H14N2O3S2/c1-3-16(14)5-4-10-9-11-6(2)7(15-9)8(12)13/h3-5H2,1-2H3,(H,10,11)(H,12,13). The third kappa shape index (κ3) is 3.57. The van der Waals surface area contributed by atoms with Gasteiger partial charge in [0, 0.05) is 28.9 Å². The molecule has 0 aromatic carbocycles. The first kappa shape index (κ1) is 13.1. The fourth-order valence-corrected chi connectivity index (χ4v) is 2.54. The molecule has 1 aromatic rings. The first-order valence-electron chi connectivity index (χ1n) is 4.84. The fourth-order valence-electron chi connectivity index (χ4n) is 1.09. The van der Waals surface area contributed by atoms with Crippen LogP contribution < -0.4 is 5.32 Å². The van der Waals surface area contributed by atoms with E-state index in [-0.39, 0.29) is 4.88 Å². The molecule has 1 rings (SSSR count). The van der Waals surface area contributed by atoms with Crippen LogP contribution in [0.2, 0.25) is 0 Å². The maximum absolute atomic E-state index is 11.1. The number of carboxylic acids is 1. The summed E-state index contributed by atoms with van der Waals surface area (Å²) in [5, 5.41) is 12.4. The van der Waals surface area contributed by atoms with Gasteiger partial charge in [0.05, 0.1) is 5.69 Å². The minimum atomic E-state index is -0.958. The van der Waals surface area contributed by atoms with Crippen LogP contribution in [0.3, 0.4) is 0 Å². The van der Waals surface area contributed by atoms with Gasteiger partial charge in [0.25, 0.3) is 0 Å². The van der Waals surface area contributed by atoms with Crippen molar-refractivity contribution < 1.29 is 14.1 Å². The summed E-state index contributed by atoms with van der Waals surface area (Å²) in [4.78, 5) is 15.1. The molecule has 0 aliphatic carbocycles. The maximum atomic E-state index is 11.1. The number of carboxylic acid groups (broad SMARTS) is 1. The second kappa shape index (κ2) is 5.95. The number of hydrogen-bond donors (Lipinski definition) is 2. The van der Waals surface area contributed by atoms with Crippen molar-refractivity contribution in [1.82, 2.24) is 4.98 Å². The Morgan fingerprint density at radius 1 is 1.62 bits per heavy atom. The summed E-state index contributed by atoms with van der Waals surface area (Å²) in [6.45, 7) is 4.08. The summed E-state index contributed by atoms with van der Waals surface area (Å²) in [5.74, 6) is 0.233. The van der Waals surface area contributed by atoms with E-state index >= 15 is 0 Å². The molecule has 0 saturated carbocycles. The normalized spacial score (nSPS) is 12.4. The molecule has 2 N–H and O–H groups in total. The molecule has 0 aliphatic rings. The van der Waals surface area contributed by atoms with E-state index in [1.165, 1.54) is 0 Å².